The lowest BCUT2D eigenvalue weighted by atomic mass is 10.1. The van der Waals surface area contributed by atoms with E-state index < -0.39 is 0 Å². The average Bonchev–Trinajstić information content (AvgIpc) is 2.73. The minimum absolute atomic E-state index is 0.0840. The summed E-state index contributed by atoms with van der Waals surface area (Å²) in [5, 5.41) is 5.64. The van der Waals surface area contributed by atoms with Crippen LogP contribution in [0.1, 0.15) is 29.3 Å². The molecule has 0 aliphatic heterocycles. The van der Waals surface area contributed by atoms with Crippen LogP contribution in [0.2, 0.25) is 0 Å². The first-order valence-electron chi connectivity index (χ1n) is 9.23. The molecule has 0 spiro atoms. The van der Waals surface area contributed by atoms with Crippen LogP contribution in [-0.4, -0.2) is 11.8 Å². The molecule has 0 bridgehead atoms. The summed E-state index contributed by atoms with van der Waals surface area (Å²) in [6.45, 7) is 2.12. The fourth-order valence-corrected chi connectivity index (χ4v) is 3.07. The Balaban J connectivity index is 1.72. The minimum Gasteiger partial charge on any atom is -0.488 e. The maximum Gasteiger partial charge on any atom is 0.259 e. The number of para-hydroxylation sites is 1. The molecule has 3 aromatic rings. The lowest BCUT2D eigenvalue weighted by Crippen LogP contribution is -2.14. The van der Waals surface area contributed by atoms with E-state index in [2.05, 4.69) is 26.6 Å². The number of halogens is 1. The largest absolute Gasteiger partial charge is 0.488 e. The Labute approximate surface area is 178 Å². The number of carbonyl (C=O) groups excluding carboxylic acids is 2. The zero-order valence-electron chi connectivity index (χ0n) is 15.9. The van der Waals surface area contributed by atoms with E-state index in [0.717, 1.165) is 10.0 Å². The Morgan fingerprint density at radius 1 is 0.897 bits per heavy atom. The van der Waals surface area contributed by atoms with Crippen LogP contribution >= 0.6 is 15.9 Å². The summed E-state index contributed by atoms with van der Waals surface area (Å²) in [6.07, 6.45) is 0.388. The van der Waals surface area contributed by atoms with Gasteiger partial charge in [0.15, 0.2) is 0 Å². The van der Waals surface area contributed by atoms with Crippen LogP contribution in [0.25, 0.3) is 0 Å². The van der Waals surface area contributed by atoms with Gasteiger partial charge >= 0.3 is 0 Å². The molecule has 5 nitrogen and oxygen atoms in total. The number of ether oxygens (including phenoxy) is 1. The van der Waals surface area contributed by atoms with E-state index in [1.54, 1.807) is 49.4 Å². The highest BCUT2D eigenvalue weighted by Crippen LogP contribution is 2.24. The molecule has 29 heavy (non-hydrogen) atoms. The second kappa shape index (κ2) is 9.89. The normalized spacial score (nSPS) is 10.3. The van der Waals surface area contributed by atoms with Crippen LogP contribution in [0.5, 0.6) is 5.75 Å². The van der Waals surface area contributed by atoms with Gasteiger partial charge in [0, 0.05) is 27.8 Å². The van der Waals surface area contributed by atoms with E-state index in [4.69, 9.17) is 4.74 Å². The number of amides is 2. The predicted molar refractivity (Wildman–Crippen MR) is 118 cm³/mol. The Bertz CT molecular complexity index is 1020. The molecular weight excluding hydrogens is 432 g/mol. The molecule has 0 heterocycles. The first-order chi connectivity index (χ1) is 14.1. The van der Waals surface area contributed by atoms with Crippen molar-refractivity contribution in [1.82, 2.24) is 0 Å². The summed E-state index contributed by atoms with van der Waals surface area (Å²) in [4.78, 5) is 24.4. The third-order valence-corrected chi connectivity index (χ3v) is 4.97. The number of rotatable bonds is 7. The van der Waals surface area contributed by atoms with Gasteiger partial charge in [-0.05, 0) is 36.4 Å². The molecule has 0 atom stereocenters. The van der Waals surface area contributed by atoms with Crippen molar-refractivity contribution < 1.29 is 14.3 Å². The molecule has 3 aromatic carbocycles. The van der Waals surface area contributed by atoms with Gasteiger partial charge in [-0.15, -0.1) is 0 Å². The number of benzene rings is 3. The van der Waals surface area contributed by atoms with E-state index in [1.165, 1.54) is 0 Å². The molecule has 0 unspecified atom stereocenters. The lowest BCUT2D eigenvalue weighted by molar-refractivity contribution is -0.115. The van der Waals surface area contributed by atoms with E-state index in [1.807, 2.05) is 30.3 Å². The molecule has 0 saturated carbocycles. The lowest BCUT2D eigenvalue weighted by Gasteiger charge is -2.13. The monoisotopic (exact) mass is 452 g/mol. The zero-order chi connectivity index (χ0) is 20.6. The van der Waals surface area contributed by atoms with Crippen LogP contribution in [0.4, 0.5) is 11.4 Å². The van der Waals surface area contributed by atoms with Gasteiger partial charge < -0.3 is 15.4 Å². The van der Waals surface area contributed by atoms with Crippen LogP contribution in [0, 0.1) is 0 Å². The topological polar surface area (TPSA) is 67.4 Å². The summed E-state index contributed by atoms with van der Waals surface area (Å²) in [6, 6.07) is 21.9. The zero-order valence-corrected chi connectivity index (χ0v) is 17.5. The minimum atomic E-state index is -0.285. The van der Waals surface area contributed by atoms with Crippen molar-refractivity contribution in [2.45, 2.75) is 20.0 Å². The van der Waals surface area contributed by atoms with Gasteiger partial charge in [-0.3, -0.25) is 9.59 Å². The molecule has 0 radical (unpaired) electrons. The van der Waals surface area contributed by atoms with Gasteiger partial charge in [0.1, 0.15) is 12.4 Å². The molecule has 148 valence electrons. The Morgan fingerprint density at radius 3 is 2.34 bits per heavy atom. The number of nitrogens with one attached hydrogen (secondary N) is 2. The fraction of sp³-hybridized carbons (Fsp3) is 0.130. The molecule has 0 fully saturated rings. The van der Waals surface area contributed by atoms with Crippen molar-refractivity contribution in [3.8, 4) is 5.75 Å². The second-order valence-corrected chi connectivity index (χ2v) is 7.17. The smallest absolute Gasteiger partial charge is 0.259 e. The van der Waals surface area contributed by atoms with Gasteiger partial charge in [0.05, 0.1) is 5.56 Å². The van der Waals surface area contributed by atoms with Gasteiger partial charge in [-0.2, -0.15) is 0 Å². The number of hydrogen-bond donors (Lipinski definition) is 2. The van der Waals surface area contributed by atoms with Crippen molar-refractivity contribution in [3.05, 3.63) is 88.4 Å². The predicted octanol–water partition coefficient (Wildman–Crippen LogP) is 5.63. The Morgan fingerprint density at radius 2 is 1.59 bits per heavy atom. The Kier molecular flexibility index (Phi) is 7.03. The second-order valence-electron chi connectivity index (χ2n) is 6.31. The highest BCUT2D eigenvalue weighted by atomic mass is 79.9. The van der Waals surface area contributed by atoms with Gasteiger partial charge in [-0.25, -0.2) is 0 Å². The number of hydrogen-bond acceptors (Lipinski definition) is 3. The SMILES string of the molecule is CCC(=O)Nc1cccc(NC(=O)c2ccccc2OCc2ccccc2Br)c1. The quantitative estimate of drug-likeness (QED) is 0.488. The number of carbonyl (C=O) groups is 2. The summed E-state index contributed by atoms with van der Waals surface area (Å²) < 4.78 is 6.86. The van der Waals surface area contributed by atoms with Gasteiger partial charge in [0.25, 0.3) is 5.91 Å². The van der Waals surface area contributed by atoms with E-state index >= 15 is 0 Å². The molecule has 0 aromatic heterocycles. The summed E-state index contributed by atoms with van der Waals surface area (Å²) in [5.74, 6) is 0.127. The Hall–Kier alpha value is -3.12. The van der Waals surface area contributed by atoms with Gasteiger partial charge in [0.2, 0.25) is 5.91 Å². The summed E-state index contributed by atoms with van der Waals surface area (Å²) >= 11 is 3.50. The molecule has 3 rings (SSSR count). The van der Waals surface area contributed by atoms with Crippen molar-refractivity contribution in [1.29, 1.82) is 0 Å². The fourth-order valence-electron chi connectivity index (χ4n) is 2.67. The maximum atomic E-state index is 12.8. The molecule has 6 heteroatoms. The molecule has 2 amide bonds. The van der Waals surface area contributed by atoms with E-state index in [9.17, 15) is 9.59 Å². The molecule has 0 aliphatic rings. The van der Waals surface area contributed by atoms with Crippen molar-refractivity contribution in [2.75, 3.05) is 10.6 Å². The molecule has 0 saturated heterocycles. The molecule has 2 N–H and O–H groups in total. The van der Waals surface area contributed by atoms with Crippen LogP contribution in [-0.2, 0) is 11.4 Å². The third kappa shape index (κ3) is 5.68. The average molecular weight is 453 g/mol. The van der Waals surface area contributed by atoms with E-state index in [0.29, 0.717) is 35.7 Å². The summed E-state index contributed by atoms with van der Waals surface area (Å²) in [7, 11) is 0. The highest BCUT2D eigenvalue weighted by molar-refractivity contribution is 9.10. The first kappa shape index (κ1) is 20.6. The van der Waals surface area contributed by atoms with Crippen LogP contribution < -0.4 is 15.4 Å². The van der Waals surface area contributed by atoms with Crippen molar-refractivity contribution >= 4 is 39.1 Å². The van der Waals surface area contributed by atoms with Crippen molar-refractivity contribution in [3.63, 3.8) is 0 Å². The van der Waals surface area contributed by atoms with E-state index in [-0.39, 0.29) is 11.8 Å². The maximum absolute atomic E-state index is 12.8. The first-order valence-corrected chi connectivity index (χ1v) is 10.0. The third-order valence-electron chi connectivity index (χ3n) is 4.20. The standard InChI is InChI=1S/C23H21BrN2O3/c1-2-22(27)25-17-9-7-10-18(14-17)26-23(28)19-11-4-6-13-21(19)29-15-16-8-3-5-12-20(16)24/h3-14H,2,15H2,1H3,(H,25,27)(H,26,28). The van der Waals surface area contributed by atoms with Crippen molar-refractivity contribution in [2.24, 2.45) is 0 Å². The molecule has 0 aliphatic carbocycles. The summed E-state index contributed by atoms with van der Waals surface area (Å²) in [5.41, 5.74) is 2.64. The number of anilines is 2. The van der Waals surface area contributed by atoms with Gasteiger partial charge in [-0.1, -0.05) is 59.3 Å². The highest BCUT2D eigenvalue weighted by Gasteiger charge is 2.13. The van der Waals surface area contributed by atoms with Crippen LogP contribution in [0.15, 0.2) is 77.3 Å². The van der Waals surface area contributed by atoms with Crippen LogP contribution in [0.3, 0.4) is 0 Å². The molecular formula is C23H21BrN2O3.